The van der Waals surface area contributed by atoms with E-state index in [-0.39, 0.29) is 11.6 Å². The highest BCUT2D eigenvalue weighted by Crippen LogP contribution is 2.16. The molecule has 2 N–H and O–H groups in total. The first-order valence-corrected chi connectivity index (χ1v) is 7.29. The van der Waals surface area contributed by atoms with Gasteiger partial charge in [0.1, 0.15) is 0 Å². The molecule has 100 valence electrons. The number of thiophene rings is 1. The molecule has 0 aliphatic heterocycles. The van der Waals surface area contributed by atoms with Gasteiger partial charge in [0.25, 0.3) is 5.91 Å². The maximum atomic E-state index is 11.7. The molecule has 19 heavy (non-hydrogen) atoms. The number of carbonyl (C=O) groups excluding carboxylic acids is 1. The van der Waals surface area contributed by atoms with E-state index in [4.69, 9.17) is 5.11 Å². The number of imidazole rings is 1. The number of hydrogen-bond acceptors (Lipinski definition) is 4. The van der Waals surface area contributed by atoms with Gasteiger partial charge in [-0.2, -0.15) is 0 Å². The van der Waals surface area contributed by atoms with Crippen LogP contribution in [0.5, 0.6) is 0 Å². The van der Waals surface area contributed by atoms with Crippen molar-refractivity contribution in [1.29, 1.82) is 0 Å². The zero-order chi connectivity index (χ0) is 13.8. The normalized spacial score (nSPS) is 10.4. The summed E-state index contributed by atoms with van der Waals surface area (Å²) in [7, 11) is 0. The van der Waals surface area contributed by atoms with Gasteiger partial charge in [0.15, 0.2) is 5.69 Å². The molecule has 2 heterocycles. The molecule has 0 spiro atoms. The Morgan fingerprint density at radius 1 is 1.53 bits per heavy atom. The molecule has 2 aromatic rings. The lowest BCUT2D eigenvalue weighted by atomic mass is 10.3. The summed E-state index contributed by atoms with van der Waals surface area (Å²) in [5, 5.41) is 13.3. The fourth-order valence-electron chi connectivity index (χ4n) is 1.42. The van der Waals surface area contributed by atoms with Crippen molar-refractivity contribution in [2.75, 3.05) is 6.54 Å². The van der Waals surface area contributed by atoms with E-state index in [9.17, 15) is 9.59 Å². The number of rotatable bonds is 5. The summed E-state index contributed by atoms with van der Waals surface area (Å²) in [6.07, 6.45) is 2.87. The zero-order valence-electron chi connectivity index (χ0n) is 9.67. The zero-order valence-corrected chi connectivity index (χ0v) is 12.6. The second-order valence-corrected chi connectivity index (χ2v) is 6.50. The average molecular weight is 391 g/mol. The maximum Gasteiger partial charge on any atom is 0.356 e. The number of aromatic nitrogens is 2. The molecule has 6 nitrogen and oxygen atoms in total. The molecule has 0 aliphatic rings. The van der Waals surface area contributed by atoms with Crippen LogP contribution in [-0.2, 0) is 6.54 Å². The highest BCUT2D eigenvalue weighted by molar-refractivity contribution is 14.1. The number of amides is 1. The van der Waals surface area contributed by atoms with Crippen molar-refractivity contribution in [3.8, 4) is 0 Å². The standard InChI is InChI=1S/C11H10IN3O3S/c12-9-3-7(5-19-9)10(16)13-1-2-15-4-8(11(17)18)14-6-15/h3-6H,1-2H2,(H,13,16)(H,17,18). The van der Waals surface area contributed by atoms with Crippen LogP contribution < -0.4 is 5.32 Å². The van der Waals surface area contributed by atoms with Gasteiger partial charge >= 0.3 is 5.97 Å². The molecule has 0 unspecified atom stereocenters. The van der Waals surface area contributed by atoms with Gasteiger partial charge in [-0.25, -0.2) is 9.78 Å². The van der Waals surface area contributed by atoms with Crippen LogP contribution >= 0.6 is 33.9 Å². The third kappa shape index (κ3) is 3.77. The SMILES string of the molecule is O=C(NCCn1cnc(C(=O)O)c1)c1csc(I)c1. The first kappa shape index (κ1) is 14.0. The Labute approximate surface area is 126 Å². The summed E-state index contributed by atoms with van der Waals surface area (Å²) < 4.78 is 2.68. The van der Waals surface area contributed by atoms with Crippen molar-refractivity contribution < 1.29 is 14.7 Å². The summed E-state index contributed by atoms with van der Waals surface area (Å²) in [4.78, 5) is 26.1. The summed E-state index contributed by atoms with van der Waals surface area (Å²) in [5.74, 6) is -1.19. The molecule has 0 bridgehead atoms. The minimum absolute atomic E-state index is 0.00119. The fourth-order valence-corrected chi connectivity index (χ4v) is 2.75. The van der Waals surface area contributed by atoms with Crippen LogP contribution in [0.3, 0.4) is 0 Å². The van der Waals surface area contributed by atoms with Crippen molar-refractivity contribution in [2.45, 2.75) is 6.54 Å². The molecular weight excluding hydrogens is 381 g/mol. The quantitative estimate of drug-likeness (QED) is 0.760. The predicted molar refractivity (Wildman–Crippen MR) is 78.6 cm³/mol. The van der Waals surface area contributed by atoms with E-state index in [2.05, 4.69) is 32.9 Å². The van der Waals surface area contributed by atoms with E-state index in [0.717, 1.165) is 2.88 Å². The first-order chi connectivity index (χ1) is 9.06. The van der Waals surface area contributed by atoms with Crippen molar-refractivity contribution in [3.63, 3.8) is 0 Å². The Balaban J connectivity index is 1.83. The van der Waals surface area contributed by atoms with Gasteiger partial charge in [0.2, 0.25) is 0 Å². The fraction of sp³-hybridized carbons (Fsp3) is 0.182. The van der Waals surface area contributed by atoms with E-state index in [1.54, 1.807) is 9.95 Å². The number of halogens is 1. The van der Waals surface area contributed by atoms with Gasteiger partial charge in [-0.1, -0.05) is 0 Å². The maximum absolute atomic E-state index is 11.7. The molecule has 1 amide bonds. The van der Waals surface area contributed by atoms with Gasteiger partial charge in [-0.3, -0.25) is 4.79 Å². The smallest absolute Gasteiger partial charge is 0.356 e. The van der Waals surface area contributed by atoms with Crippen LogP contribution in [0.25, 0.3) is 0 Å². The van der Waals surface area contributed by atoms with E-state index in [0.29, 0.717) is 18.7 Å². The van der Waals surface area contributed by atoms with Gasteiger partial charge < -0.3 is 15.0 Å². The van der Waals surface area contributed by atoms with E-state index in [1.165, 1.54) is 23.9 Å². The molecule has 0 fully saturated rings. The number of carbonyl (C=O) groups is 2. The van der Waals surface area contributed by atoms with E-state index in [1.807, 2.05) is 6.07 Å². The number of nitrogens with zero attached hydrogens (tertiary/aromatic N) is 2. The third-order valence-electron chi connectivity index (χ3n) is 2.34. The van der Waals surface area contributed by atoms with E-state index < -0.39 is 5.97 Å². The Morgan fingerprint density at radius 3 is 2.89 bits per heavy atom. The molecule has 0 atom stereocenters. The molecule has 0 saturated heterocycles. The number of carboxylic acids is 1. The summed E-state index contributed by atoms with van der Waals surface area (Å²) >= 11 is 3.67. The Bertz CT molecular complexity index is 608. The minimum Gasteiger partial charge on any atom is -0.476 e. The third-order valence-corrected chi connectivity index (χ3v) is 4.13. The molecule has 0 radical (unpaired) electrons. The Morgan fingerprint density at radius 2 is 2.32 bits per heavy atom. The van der Waals surface area contributed by atoms with Crippen molar-refractivity contribution >= 4 is 45.8 Å². The van der Waals surface area contributed by atoms with Crippen molar-refractivity contribution in [2.24, 2.45) is 0 Å². The molecule has 2 rings (SSSR count). The predicted octanol–water partition coefficient (Wildman–Crippen LogP) is 1.68. The van der Waals surface area contributed by atoms with Crippen molar-refractivity contribution in [1.82, 2.24) is 14.9 Å². The molecule has 8 heteroatoms. The topological polar surface area (TPSA) is 84.2 Å². The van der Waals surface area contributed by atoms with E-state index >= 15 is 0 Å². The lowest BCUT2D eigenvalue weighted by molar-refractivity contribution is 0.0690. The second kappa shape index (κ2) is 6.15. The monoisotopic (exact) mass is 391 g/mol. The molecule has 2 aromatic heterocycles. The molecule has 0 aromatic carbocycles. The number of hydrogen-bond donors (Lipinski definition) is 2. The molecule has 0 aliphatic carbocycles. The number of aromatic carboxylic acids is 1. The van der Waals surface area contributed by atoms with Gasteiger partial charge in [0, 0.05) is 24.7 Å². The van der Waals surface area contributed by atoms with Crippen LogP contribution in [-0.4, -0.2) is 33.1 Å². The summed E-state index contributed by atoms with van der Waals surface area (Å²) in [6, 6.07) is 1.82. The molecule has 0 saturated carbocycles. The largest absolute Gasteiger partial charge is 0.476 e. The lowest BCUT2D eigenvalue weighted by Gasteiger charge is -2.04. The number of nitrogens with one attached hydrogen (secondary N) is 1. The highest BCUT2D eigenvalue weighted by Gasteiger charge is 2.08. The van der Waals surface area contributed by atoms with Crippen LogP contribution in [0.2, 0.25) is 0 Å². The van der Waals surface area contributed by atoms with Crippen LogP contribution in [0.1, 0.15) is 20.8 Å². The average Bonchev–Trinajstić information content (AvgIpc) is 2.98. The van der Waals surface area contributed by atoms with Gasteiger partial charge in [0.05, 0.1) is 14.8 Å². The van der Waals surface area contributed by atoms with Gasteiger partial charge in [-0.15, -0.1) is 11.3 Å². The van der Waals surface area contributed by atoms with Gasteiger partial charge in [-0.05, 0) is 28.7 Å². The van der Waals surface area contributed by atoms with Crippen molar-refractivity contribution in [3.05, 3.63) is 38.1 Å². The Kier molecular flexibility index (Phi) is 4.53. The highest BCUT2D eigenvalue weighted by atomic mass is 127. The minimum atomic E-state index is -1.06. The first-order valence-electron chi connectivity index (χ1n) is 5.33. The Hall–Kier alpha value is -1.42. The van der Waals surface area contributed by atoms with Crippen LogP contribution in [0.15, 0.2) is 24.0 Å². The summed E-state index contributed by atoms with van der Waals surface area (Å²) in [5.41, 5.74) is 0.643. The van der Waals surface area contributed by atoms with Crippen LogP contribution in [0.4, 0.5) is 0 Å². The summed E-state index contributed by atoms with van der Waals surface area (Å²) in [6.45, 7) is 0.897. The lowest BCUT2D eigenvalue weighted by Crippen LogP contribution is -2.26. The number of carboxylic acid groups (broad SMARTS) is 1. The molecular formula is C11H10IN3O3S. The second-order valence-electron chi connectivity index (χ2n) is 3.70. The van der Waals surface area contributed by atoms with Crippen LogP contribution in [0, 0.1) is 2.88 Å².